The summed E-state index contributed by atoms with van der Waals surface area (Å²) in [5.41, 5.74) is 3.31. The van der Waals surface area contributed by atoms with Gasteiger partial charge in [0.25, 0.3) is 5.56 Å². The third-order valence-electron chi connectivity index (χ3n) is 4.64. The maximum atomic E-state index is 13.1. The summed E-state index contributed by atoms with van der Waals surface area (Å²) < 4.78 is 20.5. The van der Waals surface area contributed by atoms with E-state index >= 15 is 0 Å². The maximum Gasteiger partial charge on any atom is 0.258 e. The van der Waals surface area contributed by atoms with Crippen molar-refractivity contribution in [2.75, 3.05) is 19.7 Å². The van der Waals surface area contributed by atoms with Crippen LogP contribution in [-0.2, 0) is 11.3 Å². The van der Waals surface area contributed by atoms with Gasteiger partial charge in [0.1, 0.15) is 11.5 Å². The van der Waals surface area contributed by atoms with Gasteiger partial charge < -0.3 is 4.74 Å². The SMILES string of the molecule is Cc1ccc2nc(CN3CCO[C@@H](c4ccc(F)cc4)C3)cc(=O)n2c1. The van der Waals surface area contributed by atoms with Crippen LogP contribution in [0, 0.1) is 12.7 Å². The standard InChI is InChI=1S/C20H20FN3O2/c1-14-2-7-19-22-17(10-20(25)24(19)11-14)12-23-8-9-26-18(13-23)15-3-5-16(21)6-4-15/h2-7,10-11,18H,8-9,12-13H2,1H3/t18-/m1/s1. The van der Waals surface area contributed by atoms with Gasteiger partial charge in [0.15, 0.2) is 0 Å². The van der Waals surface area contributed by atoms with Crippen LogP contribution < -0.4 is 5.56 Å². The minimum atomic E-state index is -0.252. The first kappa shape index (κ1) is 16.9. The molecular weight excluding hydrogens is 333 g/mol. The molecule has 0 unspecified atom stereocenters. The summed E-state index contributed by atoms with van der Waals surface area (Å²) in [5, 5.41) is 0. The molecule has 6 heteroatoms. The minimum Gasteiger partial charge on any atom is -0.371 e. The van der Waals surface area contributed by atoms with Crippen LogP contribution >= 0.6 is 0 Å². The predicted octanol–water partition coefficient (Wildman–Crippen LogP) is 2.72. The molecule has 1 atom stereocenters. The summed E-state index contributed by atoms with van der Waals surface area (Å²) in [7, 11) is 0. The van der Waals surface area contributed by atoms with Crippen molar-refractivity contribution in [3.8, 4) is 0 Å². The molecule has 0 aliphatic carbocycles. The van der Waals surface area contributed by atoms with E-state index in [1.54, 1.807) is 28.8 Å². The number of rotatable bonds is 3. The molecule has 1 aliphatic rings. The highest BCUT2D eigenvalue weighted by atomic mass is 19.1. The lowest BCUT2D eigenvalue weighted by Gasteiger charge is -2.33. The van der Waals surface area contributed by atoms with Crippen molar-refractivity contribution in [1.82, 2.24) is 14.3 Å². The van der Waals surface area contributed by atoms with Crippen molar-refractivity contribution in [2.24, 2.45) is 0 Å². The van der Waals surface area contributed by atoms with Crippen LogP contribution in [0.15, 0.2) is 53.5 Å². The first-order valence-electron chi connectivity index (χ1n) is 8.67. The second-order valence-electron chi connectivity index (χ2n) is 6.67. The number of benzene rings is 1. The van der Waals surface area contributed by atoms with Crippen LogP contribution in [0.4, 0.5) is 4.39 Å². The van der Waals surface area contributed by atoms with Gasteiger partial charge in [-0.05, 0) is 36.2 Å². The zero-order chi connectivity index (χ0) is 18.1. The molecule has 5 nitrogen and oxygen atoms in total. The van der Waals surface area contributed by atoms with E-state index in [-0.39, 0.29) is 17.5 Å². The van der Waals surface area contributed by atoms with E-state index in [0.717, 1.165) is 23.4 Å². The first-order chi connectivity index (χ1) is 12.6. The monoisotopic (exact) mass is 353 g/mol. The number of hydrogen-bond acceptors (Lipinski definition) is 4. The van der Waals surface area contributed by atoms with E-state index in [1.807, 2.05) is 19.1 Å². The molecule has 1 fully saturated rings. The Bertz CT molecular complexity index is 985. The predicted molar refractivity (Wildman–Crippen MR) is 96.6 cm³/mol. The lowest BCUT2D eigenvalue weighted by atomic mass is 10.1. The minimum absolute atomic E-state index is 0.0722. The summed E-state index contributed by atoms with van der Waals surface area (Å²) in [6.45, 7) is 4.57. The van der Waals surface area contributed by atoms with Crippen molar-refractivity contribution in [3.05, 3.63) is 81.7 Å². The van der Waals surface area contributed by atoms with Gasteiger partial charge in [0.05, 0.1) is 18.4 Å². The molecule has 0 saturated carbocycles. The number of aromatic nitrogens is 2. The molecule has 1 aliphatic heterocycles. The Morgan fingerprint density at radius 1 is 1.23 bits per heavy atom. The van der Waals surface area contributed by atoms with Gasteiger partial charge in [0, 0.05) is 31.9 Å². The first-order valence-corrected chi connectivity index (χ1v) is 8.67. The lowest BCUT2D eigenvalue weighted by Crippen LogP contribution is -2.38. The molecular formula is C20H20FN3O2. The number of ether oxygens (including phenoxy) is 1. The normalized spacial score (nSPS) is 18.3. The second kappa shape index (κ2) is 6.97. The maximum absolute atomic E-state index is 13.1. The fourth-order valence-electron chi connectivity index (χ4n) is 3.29. The van der Waals surface area contributed by atoms with Gasteiger partial charge >= 0.3 is 0 Å². The number of morpholine rings is 1. The van der Waals surface area contributed by atoms with E-state index in [0.29, 0.717) is 25.3 Å². The molecule has 0 amide bonds. The Hall–Kier alpha value is -2.57. The molecule has 1 aromatic carbocycles. The van der Waals surface area contributed by atoms with Gasteiger partial charge in [-0.3, -0.25) is 14.1 Å². The second-order valence-corrected chi connectivity index (χ2v) is 6.67. The summed E-state index contributed by atoms with van der Waals surface area (Å²) in [6, 6.07) is 11.8. The Balaban J connectivity index is 1.53. The van der Waals surface area contributed by atoms with Gasteiger partial charge in [0.2, 0.25) is 0 Å². The van der Waals surface area contributed by atoms with Gasteiger partial charge in [-0.15, -0.1) is 0 Å². The van der Waals surface area contributed by atoms with Crippen molar-refractivity contribution in [1.29, 1.82) is 0 Å². The van der Waals surface area contributed by atoms with Crippen molar-refractivity contribution < 1.29 is 9.13 Å². The third kappa shape index (κ3) is 3.52. The molecule has 0 bridgehead atoms. The quantitative estimate of drug-likeness (QED) is 0.726. The Kier molecular flexibility index (Phi) is 4.53. The molecule has 2 aromatic heterocycles. The fourth-order valence-corrected chi connectivity index (χ4v) is 3.29. The van der Waals surface area contributed by atoms with E-state index in [2.05, 4.69) is 9.88 Å². The fraction of sp³-hybridized carbons (Fsp3) is 0.300. The van der Waals surface area contributed by atoms with Crippen molar-refractivity contribution in [3.63, 3.8) is 0 Å². The molecule has 0 spiro atoms. The highest BCUT2D eigenvalue weighted by molar-refractivity contribution is 5.39. The van der Waals surface area contributed by atoms with Crippen molar-refractivity contribution in [2.45, 2.75) is 19.6 Å². The highest BCUT2D eigenvalue weighted by Gasteiger charge is 2.22. The van der Waals surface area contributed by atoms with E-state index in [9.17, 15) is 9.18 Å². The number of pyridine rings is 1. The summed E-state index contributed by atoms with van der Waals surface area (Å²) in [5.74, 6) is -0.252. The molecule has 26 heavy (non-hydrogen) atoms. The van der Waals surface area contributed by atoms with E-state index in [1.165, 1.54) is 12.1 Å². The van der Waals surface area contributed by atoms with Crippen LogP contribution in [0.3, 0.4) is 0 Å². The molecule has 1 saturated heterocycles. The molecule has 4 rings (SSSR count). The molecule has 3 aromatic rings. The zero-order valence-electron chi connectivity index (χ0n) is 14.6. The number of halogens is 1. The summed E-state index contributed by atoms with van der Waals surface area (Å²) in [6.07, 6.45) is 1.70. The Morgan fingerprint density at radius 3 is 2.85 bits per heavy atom. The zero-order valence-corrected chi connectivity index (χ0v) is 14.6. The molecule has 0 radical (unpaired) electrons. The number of fused-ring (bicyclic) bond motifs is 1. The Labute approximate surface area is 150 Å². The summed E-state index contributed by atoms with van der Waals surface area (Å²) in [4.78, 5) is 19.2. The smallest absolute Gasteiger partial charge is 0.258 e. The largest absolute Gasteiger partial charge is 0.371 e. The van der Waals surface area contributed by atoms with Gasteiger partial charge in [-0.1, -0.05) is 18.2 Å². The lowest BCUT2D eigenvalue weighted by molar-refractivity contribution is -0.0333. The number of hydrogen-bond donors (Lipinski definition) is 0. The average Bonchev–Trinajstić information content (AvgIpc) is 2.63. The highest BCUT2D eigenvalue weighted by Crippen LogP contribution is 2.23. The topological polar surface area (TPSA) is 46.8 Å². The van der Waals surface area contributed by atoms with Crippen LogP contribution in [0.2, 0.25) is 0 Å². The van der Waals surface area contributed by atoms with Crippen molar-refractivity contribution >= 4 is 5.65 Å². The van der Waals surface area contributed by atoms with Crippen LogP contribution in [-0.4, -0.2) is 34.0 Å². The Morgan fingerprint density at radius 2 is 2.04 bits per heavy atom. The van der Waals surface area contributed by atoms with Crippen LogP contribution in [0.1, 0.15) is 22.9 Å². The number of nitrogens with zero attached hydrogens (tertiary/aromatic N) is 3. The molecule has 134 valence electrons. The number of aryl methyl sites for hydroxylation is 1. The van der Waals surface area contributed by atoms with E-state index in [4.69, 9.17) is 4.74 Å². The molecule has 0 N–H and O–H groups in total. The third-order valence-corrected chi connectivity index (χ3v) is 4.64. The van der Waals surface area contributed by atoms with Gasteiger partial charge in [-0.2, -0.15) is 0 Å². The summed E-state index contributed by atoms with van der Waals surface area (Å²) >= 11 is 0. The van der Waals surface area contributed by atoms with Crippen LogP contribution in [0.25, 0.3) is 5.65 Å². The average molecular weight is 353 g/mol. The van der Waals surface area contributed by atoms with E-state index < -0.39 is 0 Å². The van der Waals surface area contributed by atoms with Gasteiger partial charge in [-0.25, -0.2) is 9.37 Å². The molecule has 3 heterocycles. The van der Waals surface area contributed by atoms with Crippen LogP contribution in [0.5, 0.6) is 0 Å².